The third kappa shape index (κ3) is 7.51. The summed E-state index contributed by atoms with van der Waals surface area (Å²) in [5.74, 6) is 0.493. The second-order valence-corrected chi connectivity index (χ2v) is 9.95. The Kier molecular flexibility index (Phi) is 8.21. The minimum Gasteiger partial charge on any atom is -0.356 e. The Balaban J connectivity index is 2.06. The van der Waals surface area contributed by atoms with Crippen LogP contribution in [0.3, 0.4) is 0 Å². The number of thiophene rings is 1. The fraction of sp³-hybridized carbons (Fsp3) is 0.400. The van der Waals surface area contributed by atoms with Crippen molar-refractivity contribution in [2.45, 2.75) is 24.8 Å². The molecule has 7 nitrogen and oxygen atoms in total. The van der Waals surface area contributed by atoms with Crippen molar-refractivity contribution in [1.82, 2.24) is 15.5 Å². The van der Waals surface area contributed by atoms with Crippen LogP contribution in [0.2, 0.25) is 0 Å². The molecule has 0 fully saturated rings. The van der Waals surface area contributed by atoms with Crippen LogP contribution in [0.25, 0.3) is 0 Å². The molecule has 1 heterocycles. The Bertz CT molecular complexity index is 952. The molecular formula is C20H28N4O3S2. The molecule has 0 saturated carbocycles. The van der Waals surface area contributed by atoms with Gasteiger partial charge in [0.1, 0.15) is 0 Å². The van der Waals surface area contributed by atoms with Gasteiger partial charge in [0, 0.05) is 31.8 Å². The molecule has 29 heavy (non-hydrogen) atoms. The lowest BCUT2D eigenvalue weighted by molar-refractivity contribution is -0.127. The van der Waals surface area contributed by atoms with E-state index in [4.69, 9.17) is 0 Å². The Morgan fingerprint density at radius 3 is 2.55 bits per heavy atom. The van der Waals surface area contributed by atoms with E-state index in [0.29, 0.717) is 29.5 Å². The molecular weight excluding hydrogens is 408 g/mol. The van der Waals surface area contributed by atoms with Crippen LogP contribution in [0.1, 0.15) is 16.0 Å². The van der Waals surface area contributed by atoms with Gasteiger partial charge < -0.3 is 15.5 Å². The number of hydrogen-bond acceptors (Lipinski definition) is 5. The Labute approximate surface area is 176 Å². The normalized spacial score (nSPS) is 11.9. The smallest absolute Gasteiger partial charge is 0.241 e. The van der Waals surface area contributed by atoms with Gasteiger partial charge in [-0.05, 0) is 42.0 Å². The molecule has 2 N–H and O–H groups in total. The number of carbonyl (C=O) groups is 1. The number of hydrogen-bond donors (Lipinski definition) is 2. The molecule has 158 valence electrons. The van der Waals surface area contributed by atoms with E-state index in [0.717, 1.165) is 12.0 Å². The van der Waals surface area contributed by atoms with Crippen LogP contribution in [0.15, 0.2) is 45.6 Å². The van der Waals surface area contributed by atoms with Crippen LogP contribution in [0.4, 0.5) is 0 Å². The van der Waals surface area contributed by atoms with Crippen molar-refractivity contribution in [2.75, 3.05) is 33.4 Å². The first-order valence-electron chi connectivity index (χ1n) is 9.21. The SMILES string of the molecule is Cc1cc(CN=C(NCCc2cccs2)NCC(=O)N(C)C)ccc1S(C)(=O)=O. The van der Waals surface area contributed by atoms with Gasteiger partial charge in [-0.1, -0.05) is 18.2 Å². The summed E-state index contributed by atoms with van der Waals surface area (Å²) in [6, 6.07) is 9.31. The highest BCUT2D eigenvalue weighted by atomic mass is 32.2. The molecule has 0 saturated heterocycles. The van der Waals surface area contributed by atoms with E-state index in [1.807, 2.05) is 17.5 Å². The minimum atomic E-state index is -3.24. The summed E-state index contributed by atoms with van der Waals surface area (Å²) in [5, 5.41) is 8.35. The number of likely N-dealkylation sites (N-methyl/N-ethyl adjacent to an activating group) is 1. The maximum Gasteiger partial charge on any atom is 0.241 e. The van der Waals surface area contributed by atoms with Gasteiger partial charge in [0.2, 0.25) is 5.91 Å². The molecule has 0 aliphatic rings. The largest absolute Gasteiger partial charge is 0.356 e. The molecule has 0 unspecified atom stereocenters. The predicted octanol–water partition coefficient (Wildman–Crippen LogP) is 1.83. The predicted molar refractivity (Wildman–Crippen MR) is 118 cm³/mol. The Morgan fingerprint density at radius 2 is 1.97 bits per heavy atom. The maximum atomic E-state index is 11.9. The molecule has 0 radical (unpaired) electrons. The summed E-state index contributed by atoms with van der Waals surface area (Å²) in [4.78, 5) is 19.6. The van der Waals surface area contributed by atoms with Crippen LogP contribution in [0, 0.1) is 6.92 Å². The van der Waals surface area contributed by atoms with Gasteiger partial charge in [0.25, 0.3) is 0 Å². The van der Waals surface area contributed by atoms with Gasteiger partial charge in [-0.15, -0.1) is 11.3 Å². The summed E-state index contributed by atoms with van der Waals surface area (Å²) < 4.78 is 23.5. The van der Waals surface area contributed by atoms with E-state index in [1.165, 1.54) is 16.0 Å². The topological polar surface area (TPSA) is 90.9 Å². The molecule has 0 aliphatic heterocycles. The van der Waals surface area contributed by atoms with Crippen molar-refractivity contribution >= 4 is 33.0 Å². The first-order valence-corrected chi connectivity index (χ1v) is 12.0. The van der Waals surface area contributed by atoms with Crippen molar-refractivity contribution in [3.8, 4) is 0 Å². The van der Waals surface area contributed by atoms with Crippen LogP contribution in [-0.2, 0) is 27.6 Å². The van der Waals surface area contributed by atoms with Gasteiger partial charge in [0.15, 0.2) is 15.8 Å². The number of aryl methyl sites for hydroxylation is 1. The number of nitrogens with one attached hydrogen (secondary N) is 2. The van der Waals surface area contributed by atoms with Crippen LogP contribution in [-0.4, -0.2) is 58.6 Å². The molecule has 9 heteroatoms. The van der Waals surface area contributed by atoms with Gasteiger partial charge in [-0.25, -0.2) is 13.4 Å². The molecule has 1 amide bonds. The van der Waals surface area contributed by atoms with E-state index in [2.05, 4.69) is 21.7 Å². The Hall–Kier alpha value is -2.39. The second-order valence-electron chi connectivity index (χ2n) is 6.93. The molecule has 1 aromatic carbocycles. The lowest BCUT2D eigenvalue weighted by Crippen LogP contribution is -2.43. The number of amides is 1. The van der Waals surface area contributed by atoms with Crippen LogP contribution in [0.5, 0.6) is 0 Å². The van der Waals surface area contributed by atoms with Gasteiger partial charge >= 0.3 is 0 Å². The third-order valence-electron chi connectivity index (χ3n) is 4.21. The molecule has 0 bridgehead atoms. The Morgan fingerprint density at radius 1 is 1.21 bits per heavy atom. The second kappa shape index (κ2) is 10.4. The number of benzene rings is 1. The zero-order chi connectivity index (χ0) is 21.4. The number of nitrogens with zero attached hydrogens (tertiary/aromatic N) is 2. The van der Waals surface area contributed by atoms with Crippen molar-refractivity contribution in [1.29, 1.82) is 0 Å². The molecule has 0 spiro atoms. The number of rotatable bonds is 8. The van der Waals surface area contributed by atoms with E-state index in [9.17, 15) is 13.2 Å². The summed E-state index contributed by atoms with van der Waals surface area (Å²) >= 11 is 1.70. The van der Waals surface area contributed by atoms with Gasteiger partial charge in [-0.3, -0.25) is 4.79 Å². The fourth-order valence-corrected chi connectivity index (χ4v) is 4.31. The van der Waals surface area contributed by atoms with E-state index >= 15 is 0 Å². The van der Waals surface area contributed by atoms with Crippen LogP contribution >= 0.6 is 11.3 Å². The molecule has 2 aromatic rings. The van der Waals surface area contributed by atoms with Crippen molar-refractivity contribution < 1.29 is 13.2 Å². The summed E-state index contributed by atoms with van der Waals surface area (Å²) in [6.07, 6.45) is 2.07. The summed E-state index contributed by atoms with van der Waals surface area (Å²) in [6.45, 7) is 2.98. The maximum absolute atomic E-state index is 11.9. The standard InChI is InChI=1S/C20H28N4O3S2/c1-15-12-16(7-8-18(15)29(4,26)27)13-22-20(23-14-19(25)24(2)3)21-10-9-17-6-5-11-28-17/h5-8,11-12H,9-10,13-14H2,1-4H3,(H2,21,22,23). The van der Waals surface area contributed by atoms with Gasteiger partial charge in [-0.2, -0.15) is 0 Å². The quantitative estimate of drug-likeness (QED) is 0.487. The lowest BCUT2D eigenvalue weighted by Gasteiger charge is -2.15. The summed E-state index contributed by atoms with van der Waals surface area (Å²) in [7, 11) is 0.168. The molecule has 2 rings (SSSR count). The summed E-state index contributed by atoms with van der Waals surface area (Å²) in [5.41, 5.74) is 1.59. The first-order chi connectivity index (χ1) is 13.7. The van der Waals surface area contributed by atoms with Gasteiger partial charge in [0.05, 0.1) is 18.0 Å². The van der Waals surface area contributed by atoms with Crippen LogP contribution < -0.4 is 10.6 Å². The monoisotopic (exact) mass is 436 g/mol. The fourth-order valence-electron chi connectivity index (χ4n) is 2.65. The number of aliphatic imine (C=N–C) groups is 1. The average Bonchev–Trinajstić information content (AvgIpc) is 3.15. The average molecular weight is 437 g/mol. The van der Waals surface area contributed by atoms with E-state index in [1.54, 1.807) is 44.5 Å². The molecule has 0 atom stereocenters. The molecule has 0 aliphatic carbocycles. The minimum absolute atomic E-state index is 0.0499. The number of sulfone groups is 1. The highest BCUT2D eigenvalue weighted by Gasteiger charge is 2.11. The highest BCUT2D eigenvalue weighted by molar-refractivity contribution is 7.90. The third-order valence-corrected chi connectivity index (χ3v) is 6.40. The van der Waals surface area contributed by atoms with E-state index < -0.39 is 9.84 Å². The van der Waals surface area contributed by atoms with Crippen molar-refractivity contribution in [2.24, 2.45) is 4.99 Å². The number of guanidine groups is 1. The zero-order valence-electron chi connectivity index (χ0n) is 17.2. The van der Waals surface area contributed by atoms with Crippen molar-refractivity contribution in [3.63, 3.8) is 0 Å². The van der Waals surface area contributed by atoms with E-state index in [-0.39, 0.29) is 12.5 Å². The first kappa shape index (κ1) is 22.9. The number of carbonyl (C=O) groups excluding carboxylic acids is 1. The highest BCUT2D eigenvalue weighted by Crippen LogP contribution is 2.17. The molecule has 1 aromatic heterocycles. The van der Waals surface area contributed by atoms with Crippen molar-refractivity contribution in [3.05, 3.63) is 51.7 Å². The lowest BCUT2D eigenvalue weighted by atomic mass is 10.1. The zero-order valence-corrected chi connectivity index (χ0v) is 18.9.